The van der Waals surface area contributed by atoms with E-state index in [-0.39, 0.29) is 0 Å². The zero-order valence-electron chi connectivity index (χ0n) is 8.52. The second-order valence-electron chi connectivity index (χ2n) is 3.36. The van der Waals surface area contributed by atoms with Crippen LogP contribution in [0.4, 0.5) is 9.93 Å². The average Bonchev–Trinajstić information content (AvgIpc) is 2.58. The second kappa shape index (κ2) is 3.51. The zero-order chi connectivity index (χ0) is 11.0. The van der Waals surface area contributed by atoms with Crippen LogP contribution in [0.15, 0.2) is 18.2 Å². The number of primary amides is 1. The number of thiazole rings is 1. The van der Waals surface area contributed by atoms with Gasteiger partial charge < -0.3 is 5.73 Å². The summed E-state index contributed by atoms with van der Waals surface area (Å²) in [6, 6.07) is 5.49. The van der Waals surface area contributed by atoms with Crippen LogP contribution in [0.1, 0.15) is 5.56 Å². The van der Waals surface area contributed by atoms with Crippen molar-refractivity contribution in [3.8, 4) is 0 Å². The fourth-order valence-corrected chi connectivity index (χ4v) is 2.29. The van der Waals surface area contributed by atoms with E-state index < -0.39 is 6.03 Å². The summed E-state index contributed by atoms with van der Waals surface area (Å²) in [4.78, 5) is 16.6. The molecular weight excluding hydrogens is 210 g/mol. The predicted molar refractivity (Wildman–Crippen MR) is 62.3 cm³/mol. The van der Waals surface area contributed by atoms with Crippen LogP contribution in [0.3, 0.4) is 0 Å². The molecule has 2 aromatic rings. The Morgan fingerprint density at radius 1 is 1.53 bits per heavy atom. The molecule has 2 amide bonds. The van der Waals surface area contributed by atoms with Gasteiger partial charge in [0.25, 0.3) is 0 Å². The third kappa shape index (κ3) is 1.78. The summed E-state index contributed by atoms with van der Waals surface area (Å²) in [6.45, 7) is 2.02. The van der Waals surface area contributed by atoms with Gasteiger partial charge in [-0.25, -0.2) is 9.78 Å². The highest BCUT2D eigenvalue weighted by Gasteiger charge is 2.11. The van der Waals surface area contributed by atoms with Crippen LogP contribution in [0.5, 0.6) is 0 Å². The molecule has 0 fully saturated rings. The highest BCUT2D eigenvalue weighted by atomic mass is 32.1. The first-order valence-electron chi connectivity index (χ1n) is 4.48. The molecule has 4 nitrogen and oxygen atoms in total. The predicted octanol–water partition coefficient (Wildman–Crippen LogP) is 2.12. The first-order chi connectivity index (χ1) is 7.08. The number of nitrogens with two attached hydrogens (primary N) is 1. The molecule has 0 saturated heterocycles. The van der Waals surface area contributed by atoms with Crippen molar-refractivity contribution in [1.29, 1.82) is 0 Å². The highest BCUT2D eigenvalue weighted by molar-refractivity contribution is 7.22. The summed E-state index contributed by atoms with van der Waals surface area (Å²) in [6.07, 6.45) is 0. The van der Waals surface area contributed by atoms with E-state index in [1.807, 2.05) is 25.1 Å². The van der Waals surface area contributed by atoms with Gasteiger partial charge in [-0.15, -0.1) is 0 Å². The highest BCUT2D eigenvalue weighted by Crippen LogP contribution is 2.28. The summed E-state index contributed by atoms with van der Waals surface area (Å²) in [5.74, 6) is 0. The maximum absolute atomic E-state index is 11.0. The van der Waals surface area contributed by atoms with Gasteiger partial charge in [-0.05, 0) is 24.6 Å². The Bertz CT molecular complexity index is 520. The van der Waals surface area contributed by atoms with Gasteiger partial charge in [-0.2, -0.15) is 0 Å². The van der Waals surface area contributed by atoms with Crippen molar-refractivity contribution in [2.24, 2.45) is 5.73 Å². The number of hydrogen-bond donors (Lipinski definition) is 1. The van der Waals surface area contributed by atoms with Crippen LogP contribution in [0.25, 0.3) is 10.2 Å². The lowest BCUT2D eigenvalue weighted by Gasteiger charge is -2.08. The summed E-state index contributed by atoms with van der Waals surface area (Å²) >= 11 is 1.46. The average molecular weight is 221 g/mol. The zero-order valence-corrected chi connectivity index (χ0v) is 9.34. The molecule has 1 heterocycles. The lowest BCUT2D eigenvalue weighted by Crippen LogP contribution is -2.31. The molecule has 0 saturated carbocycles. The number of nitrogens with zero attached hydrogens (tertiary/aromatic N) is 2. The third-order valence-corrected chi connectivity index (χ3v) is 3.24. The van der Waals surface area contributed by atoms with Gasteiger partial charge in [0.1, 0.15) is 0 Å². The summed E-state index contributed by atoms with van der Waals surface area (Å²) in [7, 11) is 1.62. The van der Waals surface area contributed by atoms with Gasteiger partial charge >= 0.3 is 6.03 Å². The van der Waals surface area contributed by atoms with Crippen LogP contribution in [0.2, 0.25) is 0 Å². The van der Waals surface area contributed by atoms with Gasteiger partial charge in [-0.1, -0.05) is 17.4 Å². The Morgan fingerprint density at radius 3 is 2.93 bits per heavy atom. The summed E-state index contributed by atoms with van der Waals surface area (Å²) in [5.41, 5.74) is 7.25. The molecule has 0 aliphatic carbocycles. The monoisotopic (exact) mass is 221 g/mol. The van der Waals surface area contributed by atoms with Crippen LogP contribution in [-0.4, -0.2) is 18.1 Å². The minimum absolute atomic E-state index is 0.495. The molecule has 0 aliphatic heterocycles. The molecule has 1 aromatic heterocycles. The van der Waals surface area contributed by atoms with Gasteiger partial charge in [0, 0.05) is 7.05 Å². The van der Waals surface area contributed by atoms with Gasteiger partial charge in [0.05, 0.1) is 10.2 Å². The molecule has 2 rings (SSSR count). The van der Waals surface area contributed by atoms with Crippen molar-refractivity contribution in [1.82, 2.24) is 4.98 Å². The lowest BCUT2D eigenvalue weighted by atomic mass is 10.2. The maximum Gasteiger partial charge on any atom is 0.320 e. The first kappa shape index (κ1) is 9.92. The van der Waals surface area contributed by atoms with E-state index in [0.717, 1.165) is 10.2 Å². The fraction of sp³-hybridized carbons (Fsp3) is 0.200. The van der Waals surface area contributed by atoms with Crippen molar-refractivity contribution < 1.29 is 4.79 Å². The topological polar surface area (TPSA) is 59.2 Å². The number of benzene rings is 1. The third-order valence-electron chi connectivity index (χ3n) is 2.15. The number of aryl methyl sites for hydroxylation is 1. The molecule has 78 valence electrons. The normalized spacial score (nSPS) is 10.5. The van der Waals surface area contributed by atoms with Crippen LogP contribution in [0, 0.1) is 6.92 Å². The fourth-order valence-electron chi connectivity index (χ4n) is 1.26. The number of carbonyl (C=O) groups excluding carboxylic acids is 1. The SMILES string of the molecule is Cc1ccc2nc(N(C)C(N)=O)sc2c1. The number of fused-ring (bicyclic) bond motifs is 1. The van der Waals surface area contributed by atoms with Crippen molar-refractivity contribution in [2.45, 2.75) is 6.92 Å². The molecule has 2 N–H and O–H groups in total. The molecule has 0 aliphatic rings. The molecule has 0 spiro atoms. The molecule has 15 heavy (non-hydrogen) atoms. The Hall–Kier alpha value is -1.62. The quantitative estimate of drug-likeness (QED) is 0.801. The van der Waals surface area contributed by atoms with E-state index >= 15 is 0 Å². The molecule has 0 atom stereocenters. The van der Waals surface area contributed by atoms with E-state index in [9.17, 15) is 4.79 Å². The minimum Gasteiger partial charge on any atom is -0.351 e. The summed E-state index contributed by atoms with van der Waals surface area (Å²) < 4.78 is 1.07. The standard InChI is InChI=1S/C10H11N3OS/c1-6-3-4-7-8(5-6)15-10(12-7)13(2)9(11)14/h3-5H,1-2H3,(H2,11,14). The van der Waals surface area contributed by atoms with Crippen molar-refractivity contribution >= 4 is 32.7 Å². The number of hydrogen-bond acceptors (Lipinski definition) is 3. The van der Waals surface area contributed by atoms with E-state index in [1.54, 1.807) is 7.05 Å². The largest absolute Gasteiger partial charge is 0.351 e. The number of aromatic nitrogens is 1. The number of anilines is 1. The lowest BCUT2D eigenvalue weighted by molar-refractivity contribution is 0.255. The summed E-state index contributed by atoms with van der Waals surface area (Å²) in [5, 5.41) is 0.628. The van der Waals surface area contributed by atoms with Crippen LogP contribution < -0.4 is 10.6 Å². The number of carbonyl (C=O) groups is 1. The molecule has 5 heteroatoms. The maximum atomic E-state index is 11.0. The van der Waals surface area contributed by atoms with Crippen molar-refractivity contribution in [2.75, 3.05) is 11.9 Å². The Balaban J connectivity index is 2.51. The first-order valence-corrected chi connectivity index (χ1v) is 5.30. The van der Waals surface area contributed by atoms with Crippen molar-refractivity contribution in [3.05, 3.63) is 23.8 Å². The van der Waals surface area contributed by atoms with E-state index in [4.69, 9.17) is 5.73 Å². The van der Waals surface area contributed by atoms with E-state index in [0.29, 0.717) is 5.13 Å². The second-order valence-corrected chi connectivity index (χ2v) is 4.37. The van der Waals surface area contributed by atoms with Crippen LogP contribution >= 0.6 is 11.3 Å². The Labute approximate surface area is 91.3 Å². The van der Waals surface area contributed by atoms with Crippen LogP contribution in [-0.2, 0) is 0 Å². The van der Waals surface area contributed by atoms with Gasteiger partial charge in [0.2, 0.25) is 0 Å². The number of amides is 2. The van der Waals surface area contributed by atoms with E-state index in [1.165, 1.54) is 21.8 Å². The Kier molecular flexibility index (Phi) is 2.32. The molecule has 0 radical (unpaired) electrons. The minimum atomic E-state index is -0.495. The smallest absolute Gasteiger partial charge is 0.320 e. The van der Waals surface area contributed by atoms with E-state index in [2.05, 4.69) is 4.98 Å². The molecule has 0 bridgehead atoms. The van der Waals surface area contributed by atoms with Gasteiger partial charge in [-0.3, -0.25) is 4.90 Å². The van der Waals surface area contributed by atoms with Crippen molar-refractivity contribution in [3.63, 3.8) is 0 Å². The molecule has 0 unspecified atom stereocenters. The number of rotatable bonds is 1. The van der Waals surface area contributed by atoms with Gasteiger partial charge in [0.15, 0.2) is 5.13 Å². The Morgan fingerprint density at radius 2 is 2.27 bits per heavy atom. The number of urea groups is 1. The molecule has 1 aromatic carbocycles. The molecular formula is C10H11N3OS.